The number of rotatable bonds is 5. The van der Waals surface area contributed by atoms with E-state index >= 15 is 0 Å². The summed E-state index contributed by atoms with van der Waals surface area (Å²) >= 11 is 0. The molecule has 2 heterocycles. The molecule has 1 fully saturated rings. The first-order valence-electron chi connectivity index (χ1n) is 10.6. The summed E-state index contributed by atoms with van der Waals surface area (Å²) in [5, 5.41) is 0. The van der Waals surface area contributed by atoms with Gasteiger partial charge in [-0.1, -0.05) is 36.4 Å². The van der Waals surface area contributed by atoms with Crippen LogP contribution in [0.25, 0.3) is 5.69 Å². The van der Waals surface area contributed by atoms with Crippen molar-refractivity contribution in [2.45, 2.75) is 6.92 Å². The third-order valence-corrected chi connectivity index (χ3v) is 5.73. The lowest BCUT2D eigenvalue weighted by Crippen LogP contribution is -2.52. The monoisotopic (exact) mass is 434 g/mol. The number of ether oxygens (including phenoxy) is 1. The molecule has 0 spiro atoms. The van der Waals surface area contributed by atoms with Gasteiger partial charge in [0.15, 0.2) is 6.61 Å². The van der Waals surface area contributed by atoms with Gasteiger partial charge in [0.25, 0.3) is 11.5 Å². The smallest absolute Gasteiger partial charge is 0.335 e. The van der Waals surface area contributed by atoms with Gasteiger partial charge in [-0.05, 0) is 31.2 Å². The number of nitrogens with zero attached hydrogens (tertiary/aromatic N) is 4. The van der Waals surface area contributed by atoms with Gasteiger partial charge in [-0.25, -0.2) is 4.79 Å². The fourth-order valence-corrected chi connectivity index (χ4v) is 3.98. The normalized spacial score (nSPS) is 13.8. The molecule has 32 heavy (non-hydrogen) atoms. The average Bonchev–Trinajstić information content (AvgIpc) is 2.83. The number of hydrogen-bond acceptors (Lipinski definition) is 5. The van der Waals surface area contributed by atoms with E-state index in [4.69, 9.17) is 4.74 Å². The molecule has 3 aromatic rings. The Morgan fingerprint density at radius 2 is 1.50 bits per heavy atom. The zero-order valence-corrected chi connectivity index (χ0v) is 18.2. The molecule has 0 radical (unpaired) electrons. The minimum Gasteiger partial charge on any atom is -0.484 e. The van der Waals surface area contributed by atoms with E-state index in [1.807, 2.05) is 65.6 Å². The Balaban J connectivity index is 1.51. The highest BCUT2D eigenvalue weighted by molar-refractivity contribution is 5.78. The van der Waals surface area contributed by atoms with Gasteiger partial charge in [-0.2, -0.15) is 0 Å². The van der Waals surface area contributed by atoms with E-state index in [2.05, 4.69) is 0 Å². The molecule has 0 N–H and O–H groups in total. The van der Waals surface area contributed by atoms with Crippen LogP contribution in [0.4, 0.5) is 5.69 Å². The summed E-state index contributed by atoms with van der Waals surface area (Å²) in [6.07, 6.45) is 0. The maximum absolute atomic E-state index is 13.0. The number of anilines is 1. The van der Waals surface area contributed by atoms with E-state index in [1.165, 1.54) is 7.05 Å². The largest absolute Gasteiger partial charge is 0.484 e. The van der Waals surface area contributed by atoms with Gasteiger partial charge in [0, 0.05) is 33.2 Å². The molecule has 0 saturated carbocycles. The highest BCUT2D eigenvalue weighted by Gasteiger charge is 2.26. The van der Waals surface area contributed by atoms with E-state index in [9.17, 15) is 14.4 Å². The van der Waals surface area contributed by atoms with Gasteiger partial charge in [-0.3, -0.25) is 18.7 Å². The number of carbonyl (C=O) groups excluding carboxylic acids is 1. The minimum absolute atomic E-state index is 0.0241. The van der Waals surface area contributed by atoms with Gasteiger partial charge in [0.05, 0.1) is 11.4 Å². The second-order valence-electron chi connectivity index (χ2n) is 7.72. The molecular formula is C24H26N4O4. The topological polar surface area (TPSA) is 76.8 Å². The van der Waals surface area contributed by atoms with Gasteiger partial charge in [-0.15, -0.1) is 0 Å². The third kappa shape index (κ3) is 4.16. The number of amides is 1. The van der Waals surface area contributed by atoms with Crippen LogP contribution in [0.5, 0.6) is 5.75 Å². The van der Waals surface area contributed by atoms with Crippen molar-refractivity contribution in [3.05, 3.63) is 87.2 Å². The van der Waals surface area contributed by atoms with E-state index < -0.39 is 0 Å². The van der Waals surface area contributed by atoms with Crippen LogP contribution in [0.3, 0.4) is 0 Å². The van der Waals surface area contributed by atoms with Crippen LogP contribution in [0, 0.1) is 6.92 Å². The molecule has 1 aromatic heterocycles. The van der Waals surface area contributed by atoms with Gasteiger partial charge in [0.1, 0.15) is 11.4 Å². The van der Waals surface area contributed by atoms with Crippen LogP contribution in [0.15, 0.2) is 70.3 Å². The molecule has 0 atom stereocenters. The predicted octanol–water partition coefficient (Wildman–Crippen LogP) is 1.57. The molecular weight excluding hydrogens is 408 g/mol. The zero-order valence-electron chi connectivity index (χ0n) is 18.2. The second kappa shape index (κ2) is 9.13. The maximum Gasteiger partial charge on any atom is 0.335 e. The van der Waals surface area contributed by atoms with E-state index in [0.29, 0.717) is 49.0 Å². The van der Waals surface area contributed by atoms with Crippen molar-refractivity contribution in [1.82, 2.24) is 14.0 Å². The first-order valence-corrected chi connectivity index (χ1v) is 10.6. The summed E-state index contributed by atoms with van der Waals surface area (Å²) in [6.45, 7) is 3.72. The van der Waals surface area contributed by atoms with Crippen molar-refractivity contribution in [3.8, 4) is 11.4 Å². The highest BCUT2D eigenvalue weighted by atomic mass is 16.5. The molecule has 8 nitrogen and oxygen atoms in total. The SMILES string of the molecule is Cc1c(N2CCN(C(=O)COc3ccccc3)CC2)c(=O)n(C)c(=O)n1-c1ccccc1. The van der Waals surface area contributed by atoms with Crippen LogP contribution in [-0.4, -0.2) is 52.7 Å². The maximum atomic E-state index is 13.0. The fraction of sp³-hybridized carbons (Fsp3) is 0.292. The summed E-state index contributed by atoms with van der Waals surface area (Å²) in [7, 11) is 1.49. The lowest BCUT2D eigenvalue weighted by molar-refractivity contribution is -0.133. The Kier molecular flexibility index (Phi) is 6.11. The zero-order chi connectivity index (χ0) is 22.7. The Hall–Kier alpha value is -3.81. The van der Waals surface area contributed by atoms with Crippen molar-refractivity contribution in [2.24, 2.45) is 7.05 Å². The minimum atomic E-state index is -0.380. The molecule has 0 aliphatic carbocycles. The molecule has 166 valence electrons. The quantitative estimate of drug-likeness (QED) is 0.609. The van der Waals surface area contributed by atoms with Crippen LogP contribution in [0.2, 0.25) is 0 Å². The summed E-state index contributed by atoms with van der Waals surface area (Å²) in [5.41, 5.74) is 1.08. The van der Waals surface area contributed by atoms with Crippen LogP contribution >= 0.6 is 0 Å². The molecule has 1 aliphatic heterocycles. The molecule has 0 unspecified atom stereocenters. The summed E-state index contributed by atoms with van der Waals surface area (Å²) in [5.74, 6) is 0.564. The van der Waals surface area contributed by atoms with Crippen LogP contribution < -0.4 is 20.9 Å². The Labute approximate surface area is 185 Å². The van der Waals surface area contributed by atoms with Gasteiger partial charge >= 0.3 is 5.69 Å². The molecule has 4 rings (SSSR count). The van der Waals surface area contributed by atoms with E-state index in [0.717, 1.165) is 4.57 Å². The highest BCUT2D eigenvalue weighted by Crippen LogP contribution is 2.19. The number of para-hydroxylation sites is 2. The number of piperazine rings is 1. The fourth-order valence-electron chi connectivity index (χ4n) is 3.98. The first-order chi connectivity index (χ1) is 15.5. The summed E-state index contributed by atoms with van der Waals surface area (Å²) < 4.78 is 8.27. The van der Waals surface area contributed by atoms with Gasteiger partial charge < -0.3 is 14.5 Å². The number of hydrogen-bond donors (Lipinski definition) is 0. The number of carbonyl (C=O) groups is 1. The second-order valence-corrected chi connectivity index (χ2v) is 7.72. The first kappa shape index (κ1) is 21.4. The van der Waals surface area contributed by atoms with Crippen molar-refractivity contribution in [1.29, 1.82) is 0 Å². The molecule has 8 heteroatoms. The molecule has 1 saturated heterocycles. The Bertz CT molecular complexity index is 1210. The third-order valence-electron chi connectivity index (χ3n) is 5.73. The van der Waals surface area contributed by atoms with Crippen molar-refractivity contribution < 1.29 is 9.53 Å². The summed E-state index contributed by atoms with van der Waals surface area (Å²) in [4.78, 5) is 42.0. The van der Waals surface area contributed by atoms with Crippen molar-refractivity contribution >= 4 is 11.6 Å². The van der Waals surface area contributed by atoms with Crippen LogP contribution in [0.1, 0.15) is 5.69 Å². The summed E-state index contributed by atoms with van der Waals surface area (Å²) in [6, 6.07) is 18.5. The van der Waals surface area contributed by atoms with Gasteiger partial charge in [0.2, 0.25) is 0 Å². The van der Waals surface area contributed by atoms with Crippen molar-refractivity contribution in [3.63, 3.8) is 0 Å². The van der Waals surface area contributed by atoms with Crippen LogP contribution in [-0.2, 0) is 11.8 Å². The van der Waals surface area contributed by atoms with E-state index in [1.54, 1.807) is 16.4 Å². The standard InChI is InChI=1S/C24H26N4O4/c1-18-22(23(30)25(2)24(31)28(18)19-9-5-3-6-10-19)27-15-13-26(14-16-27)21(29)17-32-20-11-7-4-8-12-20/h3-12H,13-17H2,1-2H3. The molecule has 1 amide bonds. The Morgan fingerprint density at radius 1 is 0.906 bits per heavy atom. The number of aromatic nitrogens is 2. The number of benzene rings is 2. The lowest BCUT2D eigenvalue weighted by atomic mass is 10.2. The lowest BCUT2D eigenvalue weighted by Gasteiger charge is -2.36. The average molecular weight is 434 g/mol. The predicted molar refractivity (Wildman–Crippen MR) is 123 cm³/mol. The molecule has 0 bridgehead atoms. The Morgan fingerprint density at radius 3 is 2.12 bits per heavy atom. The van der Waals surface area contributed by atoms with E-state index in [-0.39, 0.29) is 23.8 Å². The van der Waals surface area contributed by atoms with Crippen molar-refractivity contribution in [2.75, 3.05) is 37.7 Å². The molecule has 2 aromatic carbocycles. The molecule has 1 aliphatic rings.